The first kappa shape index (κ1) is 15.7. The number of benzene rings is 1. The molecule has 0 saturated carbocycles. The van der Waals surface area contributed by atoms with E-state index in [1.54, 1.807) is 19.1 Å². The molecule has 0 spiro atoms. The maximum absolute atomic E-state index is 11.9. The fourth-order valence-electron chi connectivity index (χ4n) is 1.92. The van der Waals surface area contributed by atoms with Crippen LogP contribution in [0.1, 0.15) is 18.6 Å². The molecule has 0 saturated heterocycles. The molecule has 1 aliphatic rings. The van der Waals surface area contributed by atoms with E-state index in [1.807, 2.05) is 6.07 Å². The molecule has 2 atom stereocenters. The number of hydrogen-bond acceptors (Lipinski definition) is 5. The summed E-state index contributed by atoms with van der Waals surface area (Å²) in [6.07, 6.45) is 4.65. The van der Waals surface area contributed by atoms with Crippen molar-refractivity contribution in [2.75, 3.05) is 20.0 Å². The smallest absolute Gasteiger partial charge is 0.322 e. The van der Waals surface area contributed by atoms with Gasteiger partial charge < -0.3 is 18.9 Å². The number of terminal acetylenes is 1. The molecule has 0 N–H and O–H groups in total. The normalized spacial score (nSPS) is 15.1. The van der Waals surface area contributed by atoms with Gasteiger partial charge in [-0.05, 0) is 24.6 Å². The fraction of sp³-hybridized carbons (Fsp3) is 0.400. The van der Waals surface area contributed by atoms with Crippen molar-refractivity contribution in [3.05, 3.63) is 23.8 Å². The Kier molecular flexibility index (Phi) is 5.48. The van der Waals surface area contributed by atoms with Crippen molar-refractivity contribution in [2.45, 2.75) is 17.9 Å². The van der Waals surface area contributed by atoms with Gasteiger partial charge >= 0.3 is 5.97 Å². The van der Waals surface area contributed by atoms with Crippen LogP contribution in [0.3, 0.4) is 0 Å². The van der Waals surface area contributed by atoms with Gasteiger partial charge in [-0.15, -0.1) is 6.42 Å². The largest absolute Gasteiger partial charge is 0.465 e. The molecule has 1 heterocycles. The van der Waals surface area contributed by atoms with Crippen molar-refractivity contribution >= 4 is 21.9 Å². The molecule has 21 heavy (non-hydrogen) atoms. The number of rotatable bonds is 6. The Labute approximate surface area is 131 Å². The molecule has 112 valence electrons. The number of hydrogen-bond donors (Lipinski definition) is 0. The van der Waals surface area contributed by atoms with E-state index < -0.39 is 16.9 Å². The molecule has 0 bridgehead atoms. The lowest BCUT2D eigenvalue weighted by Crippen LogP contribution is -2.27. The molecule has 0 fully saturated rings. The molecule has 0 amide bonds. The number of carbonyl (C=O) groups excluding carboxylic acids is 1. The lowest BCUT2D eigenvalue weighted by Gasteiger charge is -2.21. The lowest BCUT2D eigenvalue weighted by atomic mass is 10.1. The molecule has 0 radical (unpaired) electrons. The first-order chi connectivity index (χ1) is 10.2. The Balaban J connectivity index is 2.23. The third-order valence-electron chi connectivity index (χ3n) is 2.85. The molecule has 6 heteroatoms. The van der Waals surface area contributed by atoms with Crippen molar-refractivity contribution in [2.24, 2.45) is 0 Å². The van der Waals surface area contributed by atoms with E-state index in [-0.39, 0.29) is 13.4 Å². The zero-order valence-electron chi connectivity index (χ0n) is 11.5. The minimum atomic E-state index is -0.661. The van der Waals surface area contributed by atoms with Crippen LogP contribution in [0.5, 0.6) is 11.5 Å². The van der Waals surface area contributed by atoms with Crippen LogP contribution in [0.2, 0.25) is 0 Å². The van der Waals surface area contributed by atoms with E-state index in [4.69, 9.17) is 25.4 Å². The van der Waals surface area contributed by atoms with Gasteiger partial charge in [0.05, 0.1) is 6.61 Å². The summed E-state index contributed by atoms with van der Waals surface area (Å²) >= 11 is 3.32. The standard InChI is InChI=1S/C15H15BrO5/c1-3-7-19-14(13(16)15(17)18-4-2)10-5-6-11-12(8-10)21-9-20-11/h1,5-6,8,13-14H,4,7,9H2,2H3. The van der Waals surface area contributed by atoms with Crippen molar-refractivity contribution in [1.82, 2.24) is 0 Å². The topological polar surface area (TPSA) is 54.0 Å². The number of alkyl halides is 1. The van der Waals surface area contributed by atoms with Crippen molar-refractivity contribution in [1.29, 1.82) is 0 Å². The number of carbonyl (C=O) groups is 1. The van der Waals surface area contributed by atoms with Gasteiger partial charge in [-0.2, -0.15) is 0 Å². The van der Waals surface area contributed by atoms with Crippen LogP contribution in [-0.2, 0) is 14.3 Å². The summed E-state index contributed by atoms with van der Waals surface area (Å²) in [4.78, 5) is 11.2. The van der Waals surface area contributed by atoms with Gasteiger partial charge in [0.1, 0.15) is 17.5 Å². The van der Waals surface area contributed by atoms with E-state index in [0.717, 1.165) is 5.56 Å². The average Bonchev–Trinajstić information content (AvgIpc) is 2.95. The Morgan fingerprint density at radius 3 is 2.95 bits per heavy atom. The monoisotopic (exact) mass is 354 g/mol. The summed E-state index contributed by atoms with van der Waals surface area (Å²) < 4.78 is 21.2. The van der Waals surface area contributed by atoms with Gasteiger partial charge in [0.25, 0.3) is 0 Å². The third kappa shape index (κ3) is 3.69. The highest BCUT2D eigenvalue weighted by molar-refractivity contribution is 9.10. The Hall–Kier alpha value is -1.71. The van der Waals surface area contributed by atoms with Crippen molar-refractivity contribution in [3.8, 4) is 23.8 Å². The molecular formula is C15H15BrO5. The number of halogens is 1. The highest BCUT2D eigenvalue weighted by Crippen LogP contribution is 2.37. The van der Waals surface area contributed by atoms with Crippen LogP contribution in [0.25, 0.3) is 0 Å². The van der Waals surface area contributed by atoms with E-state index in [2.05, 4.69) is 21.9 Å². The van der Waals surface area contributed by atoms with Crippen molar-refractivity contribution < 1.29 is 23.7 Å². The Morgan fingerprint density at radius 2 is 2.24 bits per heavy atom. The van der Waals surface area contributed by atoms with Crippen LogP contribution < -0.4 is 9.47 Å². The molecule has 0 aromatic heterocycles. The summed E-state index contributed by atoms with van der Waals surface area (Å²) in [5.41, 5.74) is 0.754. The van der Waals surface area contributed by atoms with Gasteiger partial charge in [0.15, 0.2) is 11.5 Å². The maximum atomic E-state index is 11.9. The molecule has 1 aromatic rings. The third-order valence-corrected chi connectivity index (χ3v) is 3.70. The summed E-state index contributed by atoms with van der Waals surface area (Å²) in [5, 5.41) is 0. The highest BCUT2D eigenvalue weighted by Gasteiger charge is 2.30. The van der Waals surface area contributed by atoms with Crippen LogP contribution in [0.15, 0.2) is 18.2 Å². The average molecular weight is 355 g/mol. The number of ether oxygens (including phenoxy) is 4. The van der Waals surface area contributed by atoms with Gasteiger partial charge in [-0.25, -0.2) is 0 Å². The van der Waals surface area contributed by atoms with Crippen LogP contribution >= 0.6 is 15.9 Å². The maximum Gasteiger partial charge on any atom is 0.322 e. The zero-order valence-corrected chi connectivity index (χ0v) is 13.1. The number of esters is 1. The fourth-order valence-corrected chi connectivity index (χ4v) is 2.51. The molecule has 1 aromatic carbocycles. The molecule has 1 aliphatic heterocycles. The summed E-state index contributed by atoms with van der Waals surface area (Å²) in [7, 11) is 0. The SMILES string of the molecule is C#CCOC(c1ccc2c(c1)OCO2)C(Br)C(=O)OCC. The second kappa shape index (κ2) is 7.34. The van der Waals surface area contributed by atoms with Crippen molar-refractivity contribution in [3.63, 3.8) is 0 Å². The zero-order chi connectivity index (χ0) is 15.2. The molecular weight excluding hydrogens is 340 g/mol. The lowest BCUT2D eigenvalue weighted by molar-refractivity contribution is -0.145. The highest BCUT2D eigenvalue weighted by atomic mass is 79.9. The van der Waals surface area contributed by atoms with E-state index in [0.29, 0.717) is 18.1 Å². The molecule has 5 nitrogen and oxygen atoms in total. The molecule has 2 unspecified atom stereocenters. The molecule has 0 aliphatic carbocycles. The first-order valence-electron chi connectivity index (χ1n) is 6.42. The second-order valence-electron chi connectivity index (χ2n) is 4.20. The Bertz CT molecular complexity index is 551. The van der Waals surface area contributed by atoms with Crippen LogP contribution in [-0.4, -0.2) is 30.8 Å². The van der Waals surface area contributed by atoms with Crippen LogP contribution in [0, 0.1) is 12.3 Å². The van der Waals surface area contributed by atoms with E-state index in [1.165, 1.54) is 0 Å². The summed E-state index contributed by atoms with van der Waals surface area (Å²) in [5.74, 6) is 3.27. The van der Waals surface area contributed by atoms with Crippen LogP contribution in [0.4, 0.5) is 0 Å². The minimum Gasteiger partial charge on any atom is -0.465 e. The quantitative estimate of drug-likeness (QED) is 0.446. The van der Waals surface area contributed by atoms with Gasteiger partial charge in [0.2, 0.25) is 6.79 Å². The Morgan fingerprint density at radius 1 is 1.48 bits per heavy atom. The van der Waals surface area contributed by atoms with E-state index in [9.17, 15) is 4.79 Å². The summed E-state index contributed by atoms with van der Waals surface area (Å²) in [6, 6.07) is 5.36. The summed E-state index contributed by atoms with van der Waals surface area (Å²) in [6.45, 7) is 2.31. The number of fused-ring (bicyclic) bond motifs is 1. The van der Waals surface area contributed by atoms with E-state index >= 15 is 0 Å². The van der Waals surface area contributed by atoms with Gasteiger partial charge in [0, 0.05) is 0 Å². The van der Waals surface area contributed by atoms with Gasteiger partial charge in [-0.1, -0.05) is 27.9 Å². The predicted molar refractivity (Wildman–Crippen MR) is 79.4 cm³/mol. The predicted octanol–water partition coefficient (Wildman–Crippen LogP) is 2.43. The second-order valence-corrected chi connectivity index (χ2v) is 5.19. The van der Waals surface area contributed by atoms with Gasteiger partial charge in [-0.3, -0.25) is 4.79 Å². The molecule has 2 rings (SSSR count). The minimum absolute atomic E-state index is 0.0839. The first-order valence-corrected chi connectivity index (χ1v) is 7.34.